The number of anilines is 1. The van der Waals surface area contributed by atoms with Crippen molar-refractivity contribution in [2.24, 2.45) is 17.6 Å². The number of nitrogens with one attached hydrogen (secondary N) is 2. The summed E-state index contributed by atoms with van der Waals surface area (Å²) in [5.41, 5.74) is 5.10. The second kappa shape index (κ2) is 9.52. The van der Waals surface area contributed by atoms with E-state index in [0.717, 1.165) is 25.9 Å². The third-order valence-corrected chi connectivity index (χ3v) is 4.19. The summed E-state index contributed by atoms with van der Waals surface area (Å²) >= 11 is 0. The fourth-order valence-electron chi connectivity index (χ4n) is 2.84. The van der Waals surface area contributed by atoms with Crippen molar-refractivity contribution in [1.29, 1.82) is 0 Å². The van der Waals surface area contributed by atoms with Crippen molar-refractivity contribution in [3.05, 3.63) is 12.3 Å². The van der Waals surface area contributed by atoms with E-state index >= 15 is 0 Å². The number of hydrogen-bond donors (Lipinski definition) is 3. The molecule has 0 aliphatic carbocycles. The fourth-order valence-corrected chi connectivity index (χ4v) is 2.84. The van der Waals surface area contributed by atoms with Gasteiger partial charge < -0.3 is 16.4 Å². The van der Waals surface area contributed by atoms with E-state index in [-0.39, 0.29) is 30.6 Å². The molecule has 7 nitrogen and oxygen atoms in total. The summed E-state index contributed by atoms with van der Waals surface area (Å²) in [6.07, 6.45) is 4.75. The van der Waals surface area contributed by atoms with Crippen molar-refractivity contribution < 1.29 is 9.59 Å². The van der Waals surface area contributed by atoms with Gasteiger partial charge in [-0.25, -0.2) is 0 Å². The number of halogens is 1. The first-order valence-electron chi connectivity index (χ1n) is 7.87. The molecule has 1 saturated heterocycles. The van der Waals surface area contributed by atoms with Gasteiger partial charge in [0, 0.05) is 31.6 Å². The second-order valence-electron chi connectivity index (χ2n) is 6.00. The standard InChI is InChI=1S/C15H25N5O2.ClH/c1-11(12-2-6-17-7-3-12)10-15(22)18-14-5-9-20(19-14)8-4-13(16)21;/h5,9,11-12,17H,2-4,6-8,10H2,1H3,(H2,16,21)(H,18,19,22);1H. The smallest absolute Gasteiger partial charge is 0.225 e. The molecule has 130 valence electrons. The van der Waals surface area contributed by atoms with Crippen LogP contribution in [0.15, 0.2) is 12.3 Å². The van der Waals surface area contributed by atoms with E-state index in [1.54, 1.807) is 16.9 Å². The minimum absolute atomic E-state index is 0. The van der Waals surface area contributed by atoms with Crippen LogP contribution in [0.2, 0.25) is 0 Å². The van der Waals surface area contributed by atoms with Gasteiger partial charge in [0.05, 0.1) is 0 Å². The zero-order valence-corrected chi connectivity index (χ0v) is 14.3. The molecule has 2 heterocycles. The molecular formula is C15H26ClN5O2. The van der Waals surface area contributed by atoms with E-state index in [9.17, 15) is 9.59 Å². The van der Waals surface area contributed by atoms with Gasteiger partial charge in [-0.3, -0.25) is 14.3 Å². The predicted octanol–water partition coefficient (Wildman–Crippen LogP) is 1.14. The fraction of sp³-hybridized carbons (Fsp3) is 0.667. The van der Waals surface area contributed by atoms with Gasteiger partial charge in [0.2, 0.25) is 11.8 Å². The van der Waals surface area contributed by atoms with Crippen LogP contribution in [-0.2, 0) is 16.1 Å². The van der Waals surface area contributed by atoms with Crippen molar-refractivity contribution in [3.63, 3.8) is 0 Å². The van der Waals surface area contributed by atoms with Crippen LogP contribution in [0.4, 0.5) is 5.82 Å². The highest BCUT2D eigenvalue weighted by Gasteiger charge is 2.22. The number of nitrogens with two attached hydrogens (primary N) is 1. The van der Waals surface area contributed by atoms with Gasteiger partial charge in [0.25, 0.3) is 0 Å². The lowest BCUT2D eigenvalue weighted by Gasteiger charge is -2.27. The van der Waals surface area contributed by atoms with Crippen LogP contribution in [0.1, 0.15) is 32.6 Å². The Kier molecular flexibility index (Phi) is 8.05. The molecular weight excluding hydrogens is 318 g/mol. The minimum atomic E-state index is -0.364. The highest BCUT2D eigenvalue weighted by molar-refractivity contribution is 5.89. The Balaban J connectivity index is 0.00000264. The molecule has 4 N–H and O–H groups in total. The van der Waals surface area contributed by atoms with Crippen molar-refractivity contribution in [1.82, 2.24) is 15.1 Å². The summed E-state index contributed by atoms with van der Waals surface area (Å²) in [5, 5.41) is 10.4. The summed E-state index contributed by atoms with van der Waals surface area (Å²) in [6.45, 7) is 4.65. The molecule has 1 atom stereocenters. The van der Waals surface area contributed by atoms with Gasteiger partial charge in [-0.2, -0.15) is 5.10 Å². The second-order valence-corrected chi connectivity index (χ2v) is 6.00. The topological polar surface area (TPSA) is 102 Å². The number of carbonyl (C=O) groups excluding carboxylic acids is 2. The molecule has 23 heavy (non-hydrogen) atoms. The van der Waals surface area contributed by atoms with E-state index in [0.29, 0.717) is 30.6 Å². The van der Waals surface area contributed by atoms with Gasteiger partial charge in [0.15, 0.2) is 5.82 Å². The molecule has 0 aromatic carbocycles. The lowest BCUT2D eigenvalue weighted by atomic mass is 9.84. The average molecular weight is 344 g/mol. The number of piperidine rings is 1. The first-order chi connectivity index (χ1) is 10.5. The Morgan fingerprint density at radius 1 is 1.48 bits per heavy atom. The van der Waals surface area contributed by atoms with Crippen LogP contribution < -0.4 is 16.4 Å². The maximum Gasteiger partial charge on any atom is 0.225 e. The van der Waals surface area contributed by atoms with E-state index in [1.807, 2.05) is 0 Å². The predicted molar refractivity (Wildman–Crippen MR) is 91.3 cm³/mol. The van der Waals surface area contributed by atoms with Crippen LogP contribution in [-0.4, -0.2) is 34.7 Å². The SMILES string of the molecule is CC(CC(=O)Nc1ccn(CCC(N)=O)n1)C1CCNCC1.Cl. The molecule has 1 aromatic heterocycles. The Labute approximate surface area is 142 Å². The number of nitrogens with zero attached hydrogens (tertiary/aromatic N) is 2. The summed E-state index contributed by atoms with van der Waals surface area (Å²) in [6, 6.07) is 1.73. The largest absolute Gasteiger partial charge is 0.370 e. The Hall–Kier alpha value is -1.60. The van der Waals surface area contributed by atoms with Crippen LogP contribution in [0.5, 0.6) is 0 Å². The van der Waals surface area contributed by atoms with Crippen molar-refractivity contribution in [3.8, 4) is 0 Å². The zero-order valence-electron chi connectivity index (χ0n) is 13.5. The van der Waals surface area contributed by atoms with Gasteiger partial charge in [-0.15, -0.1) is 12.4 Å². The molecule has 8 heteroatoms. The number of aromatic nitrogens is 2. The number of carbonyl (C=O) groups is 2. The highest BCUT2D eigenvalue weighted by atomic mass is 35.5. The highest BCUT2D eigenvalue weighted by Crippen LogP contribution is 2.24. The molecule has 0 saturated carbocycles. The number of hydrogen-bond acceptors (Lipinski definition) is 4. The number of primary amides is 1. The lowest BCUT2D eigenvalue weighted by molar-refractivity contribution is -0.118. The third-order valence-electron chi connectivity index (χ3n) is 4.19. The molecule has 1 aliphatic heterocycles. The molecule has 0 bridgehead atoms. The zero-order chi connectivity index (χ0) is 15.9. The average Bonchev–Trinajstić information content (AvgIpc) is 2.93. The molecule has 0 spiro atoms. The Morgan fingerprint density at radius 3 is 2.83 bits per heavy atom. The van der Waals surface area contributed by atoms with Crippen molar-refractivity contribution in [2.45, 2.75) is 39.2 Å². The number of rotatable bonds is 7. The first-order valence-corrected chi connectivity index (χ1v) is 7.87. The van der Waals surface area contributed by atoms with E-state index in [2.05, 4.69) is 22.7 Å². The maximum atomic E-state index is 12.1. The number of amides is 2. The van der Waals surface area contributed by atoms with Crippen molar-refractivity contribution >= 4 is 30.0 Å². The summed E-state index contributed by atoms with van der Waals surface area (Å²) in [4.78, 5) is 22.8. The summed E-state index contributed by atoms with van der Waals surface area (Å²) in [5.74, 6) is 1.13. The van der Waals surface area contributed by atoms with Crippen LogP contribution in [0, 0.1) is 11.8 Å². The molecule has 2 amide bonds. The third kappa shape index (κ3) is 6.58. The quantitative estimate of drug-likeness (QED) is 0.691. The minimum Gasteiger partial charge on any atom is -0.370 e. The maximum absolute atomic E-state index is 12.1. The molecule has 1 unspecified atom stereocenters. The summed E-state index contributed by atoms with van der Waals surface area (Å²) in [7, 11) is 0. The normalized spacial score (nSPS) is 16.4. The molecule has 1 fully saturated rings. The van der Waals surface area contributed by atoms with Crippen LogP contribution in [0.25, 0.3) is 0 Å². The Morgan fingerprint density at radius 2 is 2.17 bits per heavy atom. The van der Waals surface area contributed by atoms with Crippen LogP contribution in [0.3, 0.4) is 0 Å². The van der Waals surface area contributed by atoms with Gasteiger partial charge in [-0.05, 0) is 37.8 Å². The summed E-state index contributed by atoms with van der Waals surface area (Å²) < 4.78 is 1.61. The first kappa shape index (κ1) is 19.4. The van der Waals surface area contributed by atoms with Crippen LogP contribution >= 0.6 is 12.4 Å². The van der Waals surface area contributed by atoms with Gasteiger partial charge in [-0.1, -0.05) is 6.92 Å². The lowest BCUT2D eigenvalue weighted by Crippen LogP contribution is -2.32. The van der Waals surface area contributed by atoms with E-state index in [4.69, 9.17) is 5.73 Å². The molecule has 1 aliphatic rings. The van der Waals surface area contributed by atoms with E-state index in [1.165, 1.54) is 0 Å². The Bertz CT molecular complexity index is 514. The molecule has 0 radical (unpaired) electrons. The molecule has 2 rings (SSSR count). The molecule has 1 aromatic rings. The number of aryl methyl sites for hydroxylation is 1. The van der Waals surface area contributed by atoms with Gasteiger partial charge >= 0.3 is 0 Å². The monoisotopic (exact) mass is 343 g/mol. The van der Waals surface area contributed by atoms with Gasteiger partial charge in [0.1, 0.15) is 0 Å². The van der Waals surface area contributed by atoms with Crippen molar-refractivity contribution in [2.75, 3.05) is 18.4 Å². The van der Waals surface area contributed by atoms with E-state index < -0.39 is 0 Å².